The van der Waals surface area contributed by atoms with Crippen LogP contribution in [0.4, 0.5) is 0 Å². The molecule has 6 rings (SSSR count). The van der Waals surface area contributed by atoms with Gasteiger partial charge in [-0.25, -0.2) is 4.40 Å². The summed E-state index contributed by atoms with van der Waals surface area (Å²) in [6.45, 7) is 1.85. The maximum Gasteiger partial charge on any atom is 0.122 e. The maximum atomic E-state index is 8.94. The Morgan fingerprint density at radius 3 is 2.43 bits per heavy atom. The van der Waals surface area contributed by atoms with Crippen molar-refractivity contribution in [3.05, 3.63) is 54.1 Å². The second kappa shape index (κ2) is 7.18. The quantitative estimate of drug-likeness (QED) is 0.697. The van der Waals surface area contributed by atoms with Gasteiger partial charge in [-0.2, -0.15) is 5.26 Å². The van der Waals surface area contributed by atoms with Crippen LogP contribution in [0.5, 0.6) is 5.75 Å². The zero-order chi connectivity index (χ0) is 19.0. The number of piperidine rings is 2. The third kappa shape index (κ3) is 3.06. The van der Waals surface area contributed by atoms with Gasteiger partial charge in [-0.05, 0) is 73.0 Å². The molecule has 1 saturated carbocycles. The van der Waals surface area contributed by atoms with Crippen LogP contribution >= 0.6 is 11.9 Å². The van der Waals surface area contributed by atoms with Crippen molar-refractivity contribution in [1.82, 2.24) is 4.90 Å². The number of amidine groups is 1. The molecule has 3 heterocycles. The van der Waals surface area contributed by atoms with E-state index in [1.165, 1.54) is 31.5 Å². The summed E-state index contributed by atoms with van der Waals surface area (Å²) in [5, 5.41) is 8.94. The van der Waals surface area contributed by atoms with Crippen molar-refractivity contribution in [1.29, 1.82) is 5.26 Å². The molecule has 0 unspecified atom stereocenters. The highest BCUT2D eigenvalue weighted by atomic mass is 32.2. The number of nitriles is 1. The number of fused-ring (bicyclic) bond motifs is 2. The first-order valence-corrected chi connectivity index (χ1v) is 10.9. The normalized spacial score (nSPS) is 25.6. The van der Waals surface area contributed by atoms with Crippen molar-refractivity contribution < 1.29 is 4.74 Å². The molecule has 0 aromatic heterocycles. The first kappa shape index (κ1) is 17.6. The molecule has 2 bridgehead atoms. The molecule has 4 aliphatic rings. The lowest BCUT2D eigenvalue weighted by Crippen LogP contribution is -2.61. The molecule has 3 aliphatic heterocycles. The highest BCUT2D eigenvalue weighted by Crippen LogP contribution is 2.48. The first-order chi connectivity index (χ1) is 13.8. The minimum Gasteiger partial charge on any atom is -0.493 e. The van der Waals surface area contributed by atoms with E-state index < -0.39 is 0 Å². The Balaban J connectivity index is 1.30. The molecular formula is C23H23N3OS. The van der Waals surface area contributed by atoms with Gasteiger partial charge in [-0.15, -0.1) is 0 Å². The van der Waals surface area contributed by atoms with Gasteiger partial charge < -0.3 is 9.64 Å². The van der Waals surface area contributed by atoms with Crippen molar-refractivity contribution in [3.8, 4) is 22.9 Å². The average molecular weight is 390 g/mol. The second-order valence-electron chi connectivity index (χ2n) is 7.96. The molecule has 2 saturated heterocycles. The highest BCUT2D eigenvalue weighted by molar-refractivity contribution is 7.98. The van der Waals surface area contributed by atoms with Crippen LogP contribution in [-0.2, 0) is 0 Å². The number of ether oxygens (including phenoxy) is 1. The average Bonchev–Trinajstić information content (AvgIpc) is 2.79. The molecule has 2 aromatic rings. The van der Waals surface area contributed by atoms with Gasteiger partial charge >= 0.3 is 0 Å². The Hall–Kier alpha value is -2.45. The predicted molar refractivity (Wildman–Crippen MR) is 113 cm³/mol. The van der Waals surface area contributed by atoms with E-state index in [1.807, 2.05) is 36.4 Å². The highest BCUT2D eigenvalue weighted by Gasteiger charge is 2.51. The topological polar surface area (TPSA) is 48.6 Å². The Bertz CT molecular complexity index is 922. The van der Waals surface area contributed by atoms with Crippen LogP contribution in [0.2, 0.25) is 0 Å². The van der Waals surface area contributed by atoms with Gasteiger partial charge in [0.15, 0.2) is 0 Å². The van der Waals surface area contributed by atoms with E-state index in [2.05, 4.69) is 23.1 Å². The fourth-order valence-corrected chi connectivity index (χ4v) is 5.55. The van der Waals surface area contributed by atoms with Gasteiger partial charge in [-0.1, -0.05) is 24.3 Å². The molecule has 0 spiro atoms. The van der Waals surface area contributed by atoms with Crippen LogP contribution in [-0.4, -0.2) is 35.7 Å². The van der Waals surface area contributed by atoms with Crippen molar-refractivity contribution in [3.63, 3.8) is 0 Å². The molecule has 1 aliphatic carbocycles. The predicted octanol–water partition coefficient (Wildman–Crippen LogP) is 4.91. The lowest BCUT2D eigenvalue weighted by molar-refractivity contribution is 0.0662. The maximum absolute atomic E-state index is 8.94. The molecular weight excluding hydrogens is 366 g/mol. The summed E-state index contributed by atoms with van der Waals surface area (Å²) < 4.78 is 11.1. The van der Waals surface area contributed by atoms with E-state index in [1.54, 1.807) is 11.9 Å². The summed E-state index contributed by atoms with van der Waals surface area (Å²) >= 11 is 1.71. The summed E-state index contributed by atoms with van der Waals surface area (Å²) in [7, 11) is 0. The molecule has 0 atom stereocenters. The van der Waals surface area contributed by atoms with Crippen molar-refractivity contribution >= 4 is 17.8 Å². The summed E-state index contributed by atoms with van der Waals surface area (Å²) in [5.74, 6) is 3.31. The fraction of sp³-hybridized carbons (Fsp3) is 0.391. The minimum atomic E-state index is 0.0912. The number of hydrogen-bond acceptors (Lipinski definition) is 5. The minimum absolute atomic E-state index is 0.0912. The van der Waals surface area contributed by atoms with Crippen molar-refractivity contribution in [2.45, 2.75) is 31.7 Å². The lowest BCUT2D eigenvalue weighted by atomic mass is 9.67. The monoisotopic (exact) mass is 389 g/mol. The number of rotatable bonds is 4. The van der Waals surface area contributed by atoms with E-state index in [0.717, 1.165) is 29.2 Å². The van der Waals surface area contributed by atoms with Crippen molar-refractivity contribution in [2.75, 3.05) is 18.9 Å². The van der Waals surface area contributed by atoms with Gasteiger partial charge in [-0.3, -0.25) is 0 Å². The van der Waals surface area contributed by atoms with Crippen LogP contribution in [0.25, 0.3) is 11.1 Å². The smallest absolute Gasteiger partial charge is 0.122 e. The molecule has 28 heavy (non-hydrogen) atoms. The molecule has 0 radical (unpaired) electrons. The summed E-state index contributed by atoms with van der Waals surface area (Å²) in [6, 6.07) is 18.8. The van der Waals surface area contributed by atoms with Crippen LogP contribution in [0.3, 0.4) is 0 Å². The van der Waals surface area contributed by atoms with Crippen LogP contribution < -0.4 is 4.74 Å². The van der Waals surface area contributed by atoms with Gasteiger partial charge in [0.25, 0.3) is 0 Å². The lowest BCUT2D eigenvalue weighted by Gasteiger charge is -2.55. The largest absolute Gasteiger partial charge is 0.493 e. The van der Waals surface area contributed by atoms with Crippen LogP contribution in [0.15, 0.2) is 52.9 Å². The first-order valence-electron chi connectivity index (χ1n) is 9.98. The Labute approximate surface area is 170 Å². The molecule has 5 heteroatoms. The van der Waals surface area contributed by atoms with E-state index in [-0.39, 0.29) is 5.41 Å². The van der Waals surface area contributed by atoms with E-state index in [0.29, 0.717) is 18.2 Å². The van der Waals surface area contributed by atoms with Crippen LogP contribution in [0.1, 0.15) is 31.2 Å². The van der Waals surface area contributed by atoms with Crippen molar-refractivity contribution in [2.24, 2.45) is 9.81 Å². The number of hydrogen-bond donors (Lipinski definition) is 0. The Morgan fingerprint density at radius 2 is 1.75 bits per heavy atom. The third-order valence-corrected chi connectivity index (χ3v) is 7.06. The SMILES string of the molecule is N#Cc1ccc(-c2ccc(OCC34CCC(CC3)N3CCSN=C34)cc2)cc1. The van der Waals surface area contributed by atoms with Gasteiger partial charge in [0.05, 0.1) is 17.0 Å². The number of nitrogens with zero attached hydrogens (tertiary/aromatic N) is 3. The summed E-state index contributed by atoms with van der Waals surface area (Å²) in [6.07, 6.45) is 4.92. The zero-order valence-corrected chi connectivity index (χ0v) is 16.6. The molecule has 142 valence electrons. The summed E-state index contributed by atoms with van der Waals surface area (Å²) in [4.78, 5) is 2.56. The van der Waals surface area contributed by atoms with Gasteiger partial charge in [0.1, 0.15) is 18.2 Å². The second-order valence-corrected chi connectivity index (χ2v) is 8.80. The molecule has 4 nitrogen and oxygen atoms in total. The standard InChI is InChI=1S/C23H23N3OS/c24-15-17-1-3-18(4-2-17)19-5-7-21(8-6-19)27-16-23-11-9-20(10-12-23)26-13-14-28-25-22(23)26/h1-8,20H,9-14,16H2. The molecule has 0 amide bonds. The fourth-order valence-electron chi connectivity index (χ4n) is 4.76. The number of benzene rings is 2. The van der Waals surface area contributed by atoms with Crippen LogP contribution in [0, 0.1) is 16.7 Å². The summed E-state index contributed by atoms with van der Waals surface area (Å²) in [5.41, 5.74) is 3.02. The third-order valence-electron chi connectivity index (χ3n) is 6.39. The molecule has 3 fully saturated rings. The van der Waals surface area contributed by atoms with E-state index >= 15 is 0 Å². The van der Waals surface area contributed by atoms with E-state index in [4.69, 9.17) is 14.4 Å². The molecule has 0 N–H and O–H groups in total. The van der Waals surface area contributed by atoms with E-state index in [9.17, 15) is 0 Å². The molecule has 2 aromatic carbocycles. The van der Waals surface area contributed by atoms with Gasteiger partial charge in [0.2, 0.25) is 0 Å². The Kier molecular flexibility index (Phi) is 4.52. The zero-order valence-electron chi connectivity index (χ0n) is 15.8. The Morgan fingerprint density at radius 1 is 1.07 bits per heavy atom. The van der Waals surface area contributed by atoms with Gasteiger partial charge in [0, 0.05) is 18.3 Å².